The quantitative estimate of drug-likeness (QED) is 0.705. The number of para-hydroxylation sites is 1. The van der Waals surface area contributed by atoms with Crippen LogP contribution in [0.3, 0.4) is 0 Å². The van der Waals surface area contributed by atoms with Crippen LogP contribution >= 0.6 is 0 Å². The van der Waals surface area contributed by atoms with Crippen LogP contribution in [0.4, 0.5) is 5.69 Å². The summed E-state index contributed by atoms with van der Waals surface area (Å²) in [7, 11) is 0. The molecule has 0 N–H and O–H groups in total. The van der Waals surface area contributed by atoms with Gasteiger partial charge in [0.2, 0.25) is 5.69 Å². The highest BCUT2D eigenvalue weighted by Gasteiger charge is 2.46. The molecule has 2 aromatic rings. The molecule has 1 atom stereocenters. The Hall–Kier alpha value is -1.89. The summed E-state index contributed by atoms with van der Waals surface area (Å²) < 4.78 is 2.43. The van der Waals surface area contributed by atoms with Crippen molar-refractivity contribution in [2.24, 2.45) is 0 Å². The van der Waals surface area contributed by atoms with Crippen molar-refractivity contribution < 1.29 is 4.58 Å². The molecule has 0 fully saturated rings. The maximum Gasteiger partial charge on any atom is 0.209 e. The van der Waals surface area contributed by atoms with E-state index in [4.69, 9.17) is 0 Å². The first-order valence-electron chi connectivity index (χ1n) is 6.96. The summed E-state index contributed by atoms with van der Waals surface area (Å²) in [5.41, 5.74) is 5.56. The molecule has 1 heterocycles. The Morgan fingerprint density at radius 2 is 1.58 bits per heavy atom. The standard InChI is InChI=1S/C18H20N/c1-4-19-14(2)18(3,15-10-6-5-7-11-15)16-12-8-9-13-17(16)19/h5-13H,4H2,1-3H3/q+1. The molecule has 1 nitrogen and oxygen atoms in total. The summed E-state index contributed by atoms with van der Waals surface area (Å²) in [4.78, 5) is 0. The summed E-state index contributed by atoms with van der Waals surface area (Å²) in [6, 6.07) is 19.6. The third-order valence-electron chi connectivity index (χ3n) is 4.53. The Kier molecular flexibility index (Phi) is 2.78. The van der Waals surface area contributed by atoms with E-state index in [0.717, 1.165) is 6.54 Å². The van der Waals surface area contributed by atoms with Crippen molar-refractivity contribution in [3.63, 3.8) is 0 Å². The second kappa shape index (κ2) is 4.34. The summed E-state index contributed by atoms with van der Waals surface area (Å²) in [5.74, 6) is 0. The molecule has 0 aromatic heterocycles. The van der Waals surface area contributed by atoms with E-state index in [2.05, 4.69) is 79.9 Å². The van der Waals surface area contributed by atoms with Gasteiger partial charge >= 0.3 is 0 Å². The van der Waals surface area contributed by atoms with Crippen LogP contribution in [0.2, 0.25) is 0 Å². The minimum Gasteiger partial charge on any atom is -0.199 e. The van der Waals surface area contributed by atoms with Gasteiger partial charge in [0, 0.05) is 18.6 Å². The normalized spacial score (nSPS) is 21.6. The highest BCUT2D eigenvalue weighted by molar-refractivity contribution is 5.97. The zero-order valence-electron chi connectivity index (χ0n) is 11.9. The van der Waals surface area contributed by atoms with Gasteiger partial charge in [-0.3, -0.25) is 0 Å². The van der Waals surface area contributed by atoms with Crippen LogP contribution in [0, 0.1) is 0 Å². The molecular formula is C18H20N+. The van der Waals surface area contributed by atoms with Gasteiger partial charge in [0.15, 0.2) is 5.71 Å². The van der Waals surface area contributed by atoms with Crippen LogP contribution in [0.1, 0.15) is 31.9 Å². The van der Waals surface area contributed by atoms with E-state index >= 15 is 0 Å². The van der Waals surface area contributed by atoms with E-state index in [1.165, 1.54) is 22.5 Å². The summed E-state index contributed by atoms with van der Waals surface area (Å²) in [6.07, 6.45) is 0. The van der Waals surface area contributed by atoms with E-state index in [9.17, 15) is 0 Å². The first kappa shape index (κ1) is 12.2. The van der Waals surface area contributed by atoms with Crippen molar-refractivity contribution in [2.45, 2.75) is 26.2 Å². The van der Waals surface area contributed by atoms with Crippen molar-refractivity contribution in [1.82, 2.24) is 0 Å². The molecule has 1 heteroatoms. The topological polar surface area (TPSA) is 3.01 Å². The summed E-state index contributed by atoms with van der Waals surface area (Å²) in [5, 5.41) is 0. The molecule has 1 aliphatic heterocycles. The van der Waals surface area contributed by atoms with Gasteiger partial charge in [-0.15, -0.1) is 0 Å². The molecule has 0 aliphatic carbocycles. The lowest BCUT2D eigenvalue weighted by molar-refractivity contribution is -0.434. The van der Waals surface area contributed by atoms with Crippen LogP contribution in [0.25, 0.3) is 0 Å². The molecule has 1 unspecified atom stereocenters. The molecule has 19 heavy (non-hydrogen) atoms. The molecule has 2 aromatic carbocycles. The van der Waals surface area contributed by atoms with Gasteiger partial charge in [0.1, 0.15) is 12.0 Å². The zero-order valence-corrected chi connectivity index (χ0v) is 11.9. The molecule has 0 radical (unpaired) electrons. The fourth-order valence-electron chi connectivity index (χ4n) is 3.32. The van der Waals surface area contributed by atoms with Gasteiger partial charge in [-0.25, -0.2) is 0 Å². The van der Waals surface area contributed by atoms with Crippen molar-refractivity contribution in [3.05, 3.63) is 65.7 Å². The molecule has 3 rings (SSSR count). The predicted octanol–water partition coefficient (Wildman–Crippen LogP) is 4.13. The minimum absolute atomic E-state index is 0.00609. The zero-order chi connectivity index (χ0) is 13.5. The molecule has 1 aliphatic rings. The number of benzene rings is 2. The van der Waals surface area contributed by atoms with Gasteiger partial charge in [-0.1, -0.05) is 48.5 Å². The van der Waals surface area contributed by atoms with Crippen molar-refractivity contribution in [2.75, 3.05) is 6.54 Å². The Labute approximate surface area is 115 Å². The molecule has 0 spiro atoms. The second-order valence-corrected chi connectivity index (χ2v) is 5.34. The average molecular weight is 250 g/mol. The SMILES string of the molecule is CC[N+]1=C(C)C(C)(c2ccccc2)c2ccccc21. The van der Waals surface area contributed by atoms with E-state index in [-0.39, 0.29) is 5.41 Å². The fourth-order valence-corrected chi connectivity index (χ4v) is 3.32. The van der Waals surface area contributed by atoms with Crippen molar-refractivity contribution >= 4 is 11.4 Å². The molecule has 0 saturated carbocycles. The van der Waals surface area contributed by atoms with E-state index in [1.54, 1.807) is 0 Å². The van der Waals surface area contributed by atoms with E-state index in [1.807, 2.05) is 0 Å². The largest absolute Gasteiger partial charge is 0.209 e. The maximum absolute atomic E-state index is 2.43. The number of hydrogen-bond acceptors (Lipinski definition) is 0. The van der Waals surface area contributed by atoms with E-state index in [0.29, 0.717) is 0 Å². The monoisotopic (exact) mass is 250 g/mol. The maximum atomic E-state index is 2.43. The Balaban J connectivity index is 2.30. The van der Waals surface area contributed by atoms with Crippen LogP contribution in [-0.4, -0.2) is 16.8 Å². The Morgan fingerprint density at radius 3 is 2.26 bits per heavy atom. The first-order valence-corrected chi connectivity index (χ1v) is 6.96. The van der Waals surface area contributed by atoms with Crippen LogP contribution in [-0.2, 0) is 5.41 Å². The molecule has 96 valence electrons. The lowest BCUT2D eigenvalue weighted by atomic mass is 9.74. The molecule has 0 bridgehead atoms. The van der Waals surface area contributed by atoms with Gasteiger partial charge in [-0.05, 0) is 19.4 Å². The van der Waals surface area contributed by atoms with Gasteiger partial charge in [0.25, 0.3) is 0 Å². The molecular weight excluding hydrogens is 230 g/mol. The fraction of sp³-hybridized carbons (Fsp3) is 0.278. The lowest BCUT2D eigenvalue weighted by Crippen LogP contribution is -2.31. The molecule has 0 amide bonds. The summed E-state index contributed by atoms with van der Waals surface area (Å²) >= 11 is 0. The van der Waals surface area contributed by atoms with Crippen LogP contribution in [0.15, 0.2) is 54.6 Å². The second-order valence-electron chi connectivity index (χ2n) is 5.34. The highest BCUT2D eigenvalue weighted by atomic mass is 15.0. The van der Waals surface area contributed by atoms with Gasteiger partial charge in [-0.2, -0.15) is 4.58 Å². The predicted molar refractivity (Wildman–Crippen MR) is 80.5 cm³/mol. The van der Waals surface area contributed by atoms with Crippen LogP contribution < -0.4 is 0 Å². The average Bonchev–Trinajstić information content (AvgIpc) is 2.70. The minimum atomic E-state index is -0.00609. The smallest absolute Gasteiger partial charge is 0.199 e. The van der Waals surface area contributed by atoms with Crippen LogP contribution in [0.5, 0.6) is 0 Å². The Morgan fingerprint density at radius 1 is 0.947 bits per heavy atom. The van der Waals surface area contributed by atoms with Gasteiger partial charge < -0.3 is 0 Å². The lowest BCUT2D eigenvalue weighted by Gasteiger charge is -2.22. The first-order chi connectivity index (χ1) is 9.19. The number of rotatable bonds is 2. The number of hydrogen-bond donors (Lipinski definition) is 0. The highest BCUT2D eigenvalue weighted by Crippen LogP contribution is 2.43. The number of fused-ring (bicyclic) bond motifs is 1. The van der Waals surface area contributed by atoms with Crippen molar-refractivity contribution in [3.8, 4) is 0 Å². The Bertz CT molecular complexity index is 640. The summed E-state index contributed by atoms with van der Waals surface area (Å²) in [6.45, 7) is 7.84. The van der Waals surface area contributed by atoms with Crippen molar-refractivity contribution in [1.29, 1.82) is 0 Å². The van der Waals surface area contributed by atoms with Gasteiger partial charge in [0.05, 0.1) is 0 Å². The molecule has 0 saturated heterocycles. The van der Waals surface area contributed by atoms with E-state index < -0.39 is 0 Å². The third-order valence-corrected chi connectivity index (χ3v) is 4.53. The third kappa shape index (κ3) is 1.58. The number of nitrogens with zero attached hydrogens (tertiary/aromatic N) is 1.